The second kappa shape index (κ2) is 14.9. The van der Waals surface area contributed by atoms with E-state index in [0.29, 0.717) is 50.8 Å². The molecule has 2 saturated heterocycles. The summed E-state index contributed by atoms with van der Waals surface area (Å²) < 4.78 is 42.5. The lowest BCUT2D eigenvalue weighted by atomic mass is 10.2. The van der Waals surface area contributed by atoms with E-state index in [4.69, 9.17) is 4.42 Å². The van der Waals surface area contributed by atoms with Crippen molar-refractivity contribution in [3.8, 4) is 0 Å². The van der Waals surface area contributed by atoms with Crippen molar-refractivity contribution in [2.24, 2.45) is 0 Å². The Morgan fingerprint density at radius 3 is 2.18 bits per heavy atom. The zero-order valence-corrected chi connectivity index (χ0v) is 25.2. The molecule has 5 heterocycles. The number of benzene rings is 1. The minimum absolute atomic E-state index is 0.0752. The number of nitrogens with zero attached hydrogens (tertiary/aromatic N) is 7. The number of hydrogen-bond donors (Lipinski definition) is 0. The number of thioether (sulfide) groups is 1. The lowest BCUT2D eigenvalue weighted by Crippen LogP contribution is -2.49. The number of hydrogen-bond acceptors (Lipinski definition) is 9. The summed E-state index contributed by atoms with van der Waals surface area (Å²) in [7, 11) is 0. The van der Waals surface area contributed by atoms with Gasteiger partial charge in [-0.1, -0.05) is 12.1 Å². The zero-order valence-electron chi connectivity index (χ0n) is 24.3. The van der Waals surface area contributed by atoms with Crippen LogP contribution >= 0.6 is 11.8 Å². The first kappa shape index (κ1) is 31.8. The average molecular weight is 640 g/mol. The fraction of sp³-hybridized carbons (Fsp3) is 0.323. The molecule has 6 rings (SSSR count). The van der Waals surface area contributed by atoms with E-state index >= 15 is 0 Å². The number of piperazine rings is 2. The Labute approximate surface area is 262 Å². The summed E-state index contributed by atoms with van der Waals surface area (Å²) in [6.45, 7) is 5.07. The van der Waals surface area contributed by atoms with Crippen molar-refractivity contribution >= 4 is 35.8 Å². The van der Waals surface area contributed by atoms with Crippen molar-refractivity contribution in [3.05, 3.63) is 96.3 Å². The predicted octanol–water partition coefficient (Wildman–Crippen LogP) is 4.70. The van der Waals surface area contributed by atoms with E-state index in [9.17, 15) is 22.8 Å². The number of furan rings is 1. The van der Waals surface area contributed by atoms with Crippen LogP contribution in [0.25, 0.3) is 0 Å². The van der Waals surface area contributed by atoms with Crippen LogP contribution in [-0.4, -0.2) is 89.4 Å². The summed E-state index contributed by atoms with van der Waals surface area (Å²) in [4.78, 5) is 44.5. The fourth-order valence-electron chi connectivity index (χ4n) is 4.84. The van der Waals surface area contributed by atoms with Crippen LogP contribution in [0.3, 0.4) is 0 Å². The summed E-state index contributed by atoms with van der Waals surface area (Å²) in [5, 5.41) is 0. The predicted molar refractivity (Wildman–Crippen MR) is 164 cm³/mol. The summed E-state index contributed by atoms with van der Waals surface area (Å²) in [5.74, 6) is 2.91. The Morgan fingerprint density at radius 1 is 0.844 bits per heavy atom. The summed E-state index contributed by atoms with van der Waals surface area (Å²) in [5.41, 5.74) is -0.00348. The van der Waals surface area contributed by atoms with Crippen LogP contribution in [-0.2, 0) is 16.7 Å². The lowest BCUT2D eigenvalue weighted by molar-refractivity contribution is -0.137. The van der Waals surface area contributed by atoms with Crippen molar-refractivity contribution in [1.82, 2.24) is 24.8 Å². The molecule has 0 bridgehead atoms. The molecule has 10 nitrogen and oxygen atoms in total. The van der Waals surface area contributed by atoms with Gasteiger partial charge >= 0.3 is 6.18 Å². The molecule has 236 valence electrons. The second-order valence-electron chi connectivity index (χ2n) is 10.2. The Balaban J connectivity index is 0.000000194. The van der Waals surface area contributed by atoms with Crippen molar-refractivity contribution in [3.63, 3.8) is 0 Å². The molecule has 0 aliphatic carbocycles. The monoisotopic (exact) mass is 639 g/mol. The van der Waals surface area contributed by atoms with Gasteiger partial charge in [0.2, 0.25) is 12.4 Å². The lowest BCUT2D eigenvalue weighted by Gasteiger charge is -2.35. The van der Waals surface area contributed by atoms with Gasteiger partial charge in [0, 0.05) is 75.8 Å². The molecule has 0 saturated carbocycles. The van der Waals surface area contributed by atoms with Gasteiger partial charge in [0.05, 0.1) is 23.1 Å². The number of alkyl halides is 3. The molecular formula is C31H32F3N7O3S. The molecule has 2 aliphatic heterocycles. The van der Waals surface area contributed by atoms with Crippen molar-refractivity contribution in [1.29, 1.82) is 0 Å². The number of carbonyl (C=O) groups excluding carboxylic acids is 2. The molecule has 2 aliphatic rings. The summed E-state index contributed by atoms with van der Waals surface area (Å²) >= 11 is 1.62. The molecule has 4 aromatic rings. The van der Waals surface area contributed by atoms with Crippen LogP contribution in [0.5, 0.6) is 0 Å². The SMILES string of the molecule is O=C(c1ccccc1SCc1ccco1)N1CCN(c2ncccn2)CC1.O=CN1CCN(c2ccc(C(F)(F)F)cn2)CC1. The number of rotatable bonds is 7. The van der Waals surface area contributed by atoms with Crippen LogP contribution in [0.15, 0.2) is 88.8 Å². The molecule has 45 heavy (non-hydrogen) atoms. The maximum atomic E-state index is 13.1. The molecule has 3 aromatic heterocycles. The quantitative estimate of drug-likeness (QED) is 0.211. The van der Waals surface area contributed by atoms with Gasteiger partial charge in [-0.2, -0.15) is 13.2 Å². The molecule has 0 N–H and O–H groups in total. The average Bonchev–Trinajstić information content (AvgIpc) is 3.62. The summed E-state index contributed by atoms with van der Waals surface area (Å²) in [6.07, 6.45) is 2.41. The minimum Gasteiger partial charge on any atom is -0.468 e. The molecule has 2 fully saturated rings. The minimum atomic E-state index is -4.36. The number of aromatic nitrogens is 3. The third-order valence-electron chi connectivity index (χ3n) is 7.33. The highest BCUT2D eigenvalue weighted by atomic mass is 32.2. The maximum Gasteiger partial charge on any atom is 0.417 e. The largest absolute Gasteiger partial charge is 0.468 e. The van der Waals surface area contributed by atoms with E-state index in [0.717, 1.165) is 53.9 Å². The van der Waals surface area contributed by atoms with Crippen molar-refractivity contribution in [2.45, 2.75) is 16.8 Å². The molecule has 0 spiro atoms. The Hall–Kier alpha value is -4.59. The Kier molecular flexibility index (Phi) is 10.6. The van der Waals surface area contributed by atoms with Gasteiger partial charge in [0.1, 0.15) is 11.6 Å². The Bertz CT molecular complexity index is 1510. The zero-order chi connectivity index (χ0) is 31.6. The third kappa shape index (κ3) is 8.53. The van der Waals surface area contributed by atoms with Gasteiger partial charge in [-0.05, 0) is 42.5 Å². The van der Waals surface area contributed by atoms with Crippen molar-refractivity contribution < 1.29 is 27.2 Å². The molecular weight excluding hydrogens is 607 g/mol. The van der Waals surface area contributed by atoms with E-state index in [2.05, 4.69) is 19.9 Å². The van der Waals surface area contributed by atoms with Crippen LogP contribution in [0, 0.1) is 0 Å². The number of carbonyl (C=O) groups is 2. The third-order valence-corrected chi connectivity index (χ3v) is 8.43. The van der Waals surface area contributed by atoms with Crippen LogP contribution in [0.4, 0.5) is 24.9 Å². The molecule has 0 atom stereocenters. The van der Waals surface area contributed by atoms with Gasteiger partial charge in [0.15, 0.2) is 0 Å². The fourth-order valence-corrected chi connectivity index (χ4v) is 5.79. The normalized spacial score (nSPS) is 15.4. The first-order valence-corrected chi connectivity index (χ1v) is 15.3. The van der Waals surface area contributed by atoms with E-state index in [1.807, 2.05) is 46.2 Å². The van der Waals surface area contributed by atoms with Crippen molar-refractivity contribution in [2.75, 3.05) is 62.2 Å². The standard InChI is InChI=1S/C20H20N4O2S.C11H12F3N3O/c25-19(23-10-12-24(13-11-23)20-21-8-4-9-22-20)17-6-1-2-7-18(17)27-15-16-5-3-14-26-16;12-11(13,14)9-1-2-10(15-7-9)17-5-3-16(8-18)4-6-17/h1-9,14H,10-13,15H2;1-2,7-8H,3-6H2. The first-order chi connectivity index (χ1) is 21.8. The van der Waals surface area contributed by atoms with Crippen LogP contribution in [0.1, 0.15) is 21.7 Å². The molecule has 2 amide bonds. The van der Waals surface area contributed by atoms with Gasteiger partial charge < -0.3 is 24.0 Å². The smallest absolute Gasteiger partial charge is 0.417 e. The highest BCUT2D eigenvalue weighted by molar-refractivity contribution is 7.98. The highest BCUT2D eigenvalue weighted by Gasteiger charge is 2.31. The van der Waals surface area contributed by atoms with Gasteiger partial charge in [0.25, 0.3) is 5.91 Å². The molecule has 0 radical (unpaired) electrons. The van der Waals surface area contributed by atoms with E-state index in [1.54, 1.807) is 41.4 Å². The van der Waals surface area contributed by atoms with Crippen LogP contribution < -0.4 is 9.80 Å². The van der Waals surface area contributed by atoms with Gasteiger partial charge in [-0.15, -0.1) is 11.8 Å². The molecule has 0 unspecified atom stereocenters. The Morgan fingerprint density at radius 2 is 1.56 bits per heavy atom. The number of amides is 2. The van der Waals surface area contributed by atoms with E-state index in [-0.39, 0.29) is 5.91 Å². The topological polar surface area (TPSA) is 98.9 Å². The van der Waals surface area contributed by atoms with Gasteiger partial charge in [-0.25, -0.2) is 15.0 Å². The first-order valence-electron chi connectivity index (χ1n) is 14.3. The molecule has 1 aromatic carbocycles. The maximum absolute atomic E-state index is 13.1. The number of halogens is 3. The summed E-state index contributed by atoms with van der Waals surface area (Å²) in [6, 6.07) is 15.8. The van der Waals surface area contributed by atoms with E-state index in [1.165, 1.54) is 6.07 Å². The highest BCUT2D eigenvalue weighted by Crippen LogP contribution is 2.30. The van der Waals surface area contributed by atoms with Crippen LogP contribution in [0.2, 0.25) is 0 Å². The number of pyridine rings is 1. The molecule has 14 heteroatoms. The second-order valence-corrected chi connectivity index (χ2v) is 11.2. The van der Waals surface area contributed by atoms with E-state index < -0.39 is 11.7 Å². The van der Waals surface area contributed by atoms with Gasteiger partial charge in [-0.3, -0.25) is 9.59 Å². The number of anilines is 2.